The van der Waals surface area contributed by atoms with E-state index in [-0.39, 0.29) is 18.3 Å². The highest BCUT2D eigenvalue weighted by molar-refractivity contribution is 7.46. The Bertz CT molecular complexity index is 690. The molecule has 4 atom stereocenters. The fourth-order valence-corrected chi connectivity index (χ4v) is 2.94. The van der Waals surface area contributed by atoms with Crippen molar-refractivity contribution in [2.24, 2.45) is 0 Å². The van der Waals surface area contributed by atoms with Gasteiger partial charge in [0.25, 0.3) is 5.91 Å². The summed E-state index contributed by atoms with van der Waals surface area (Å²) >= 11 is 0. The highest BCUT2D eigenvalue weighted by Gasteiger charge is 2.46. The maximum Gasteiger partial charge on any atom is 0.469 e. The average molecular weight is 364 g/mol. The lowest BCUT2D eigenvalue weighted by atomic mass is 10.1. The van der Waals surface area contributed by atoms with Crippen LogP contribution < -0.4 is 5.32 Å². The first-order valence-corrected chi connectivity index (χ1v) is 8.50. The highest BCUT2D eigenvalue weighted by Crippen LogP contribution is 2.39. The van der Waals surface area contributed by atoms with E-state index >= 15 is 0 Å². The summed E-state index contributed by atoms with van der Waals surface area (Å²) in [4.78, 5) is 34.8. The molecule has 3 heterocycles. The van der Waals surface area contributed by atoms with E-state index in [9.17, 15) is 19.6 Å². The molecule has 2 aliphatic rings. The summed E-state index contributed by atoms with van der Waals surface area (Å²) in [5.41, 5.74) is 0.143. The van der Waals surface area contributed by atoms with Gasteiger partial charge >= 0.3 is 7.82 Å². The van der Waals surface area contributed by atoms with E-state index in [1.54, 1.807) is 7.05 Å². The van der Waals surface area contributed by atoms with Crippen molar-refractivity contribution < 1.29 is 38.6 Å². The number of rotatable bonds is 4. The Kier molecular flexibility index (Phi) is 4.38. The Hall–Kier alpha value is -1.53. The maximum atomic E-state index is 12.0. The first-order chi connectivity index (χ1) is 11.2. The monoisotopic (exact) mass is 364 g/mol. The summed E-state index contributed by atoms with van der Waals surface area (Å²) in [6, 6.07) is 0. The molecule has 1 aromatic rings. The minimum absolute atomic E-state index is 0.143. The lowest BCUT2D eigenvalue weighted by Gasteiger charge is -2.26. The number of phosphoric ester groups is 1. The van der Waals surface area contributed by atoms with Crippen LogP contribution in [0.5, 0.6) is 0 Å². The van der Waals surface area contributed by atoms with Crippen molar-refractivity contribution in [2.75, 3.05) is 25.6 Å². The molecular formula is C11H17N4O8P. The number of ether oxygens (including phenoxy) is 1. The summed E-state index contributed by atoms with van der Waals surface area (Å²) in [6.07, 6.45) is -3.79. The van der Waals surface area contributed by atoms with Crippen molar-refractivity contribution in [3.63, 3.8) is 0 Å². The van der Waals surface area contributed by atoms with E-state index < -0.39 is 39.0 Å². The fraction of sp³-hybridized carbons (Fsp3) is 0.636. The Morgan fingerprint density at radius 1 is 1.46 bits per heavy atom. The second-order valence-corrected chi connectivity index (χ2v) is 6.76. The van der Waals surface area contributed by atoms with Crippen LogP contribution in [0.2, 0.25) is 0 Å². The van der Waals surface area contributed by atoms with E-state index in [2.05, 4.69) is 14.8 Å². The first-order valence-electron chi connectivity index (χ1n) is 6.97. The molecule has 1 aromatic heterocycles. The van der Waals surface area contributed by atoms with Gasteiger partial charge in [-0.05, 0) is 0 Å². The van der Waals surface area contributed by atoms with Crippen molar-refractivity contribution in [3.8, 4) is 0 Å². The van der Waals surface area contributed by atoms with Crippen LogP contribution in [-0.2, 0) is 13.8 Å². The van der Waals surface area contributed by atoms with Crippen molar-refractivity contribution in [1.29, 1.82) is 0 Å². The van der Waals surface area contributed by atoms with Crippen LogP contribution in [0.25, 0.3) is 0 Å². The summed E-state index contributed by atoms with van der Waals surface area (Å²) in [5, 5.41) is 23.1. The zero-order valence-electron chi connectivity index (χ0n) is 12.5. The normalized spacial score (nSPS) is 30.4. The van der Waals surface area contributed by atoms with Crippen molar-refractivity contribution in [3.05, 3.63) is 12.0 Å². The van der Waals surface area contributed by atoms with E-state index in [4.69, 9.17) is 14.5 Å². The predicted molar refractivity (Wildman–Crippen MR) is 76.7 cm³/mol. The van der Waals surface area contributed by atoms with Crippen LogP contribution in [0.1, 0.15) is 16.7 Å². The largest absolute Gasteiger partial charge is 0.469 e. The van der Waals surface area contributed by atoms with Gasteiger partial charge < -0.3 is 35.0 Å². The lowest BCUT2D eigenvalue weighted by molar-refractivity contribution is -0.0512. The molecule has 1 saturated heterocycles. The van der Waals surface area contributed by atoms with Crippen LogP contribution in [0.4, 0.5) is 5.82 Å². The number of carbonyl (C=O) groups is 1. The van der Waals surface area contributed by atoms with Crippen molar-refractivity contribution in [2.45, 2.75) is 24.5 Å². The Morgan fingerprint density at radius 3 is 2.83 bits per heavy atom. The van der Waals surface area contributed by atoms with Gasteiger partial charge in [0.05, 0.1) is 19.6 Å². The van der Waals surface area contributed by atoms with Gasteiger partial charge in [0.2, 0.25) is 0 Å². The molecule has 0 aliphatic carbocycles. The zero-order valence-corrected chi connectivity index (χ0v) is 13.4. The van der Waals surface area contributed by atoms with Gasteiger partial charge in [-0.15, -0.1) is 0 Å². The number of hydrogen-bond donors (Lipinski definition) is 5. The third kappa shape index (κ3) is 3.05. The molecule has 2 aliphatic heterocycles. The molecule has 24 heavy (non-hydrogen) atoms. The van der Waals surface area contributed by atoms with Gasteiger partial charge in [0.15, 0.2) is 11.9 Å². The third-order valence-electron chi connectivity index (χ3n) is 3.85. The minimum Gasteiger partial charge on any atom is -0.387 e. The molecule has 0 unspecified atom stereocenters. The summed E-state index contributed by atoms with van der Waals surface area (Å²) < 4.78 is 21.9. The molecule has 0 saturated carbocycles. The average Bonchev–Trinajstić information content (AvgIpc) is 3.04. The van der Waals surface area contributed by atoms with Gasteiger partial charge in [0, 0.05) is 7.05 Å². The van der Waals surface area contributed by atoms with Gasteiger partial charge in [-0.25, -0.2) is 9.55 Å². The molecule has 134 valence electrons. The summed E-state index contributed by atoms with van der Waals surface area (Å²) in [5.74, 6) is 0.0165. The molecule has 0 spiro atoms. The quantitative estimate of drug-likeness (QED) is 0.379. The summed E-state index contributed by atoms with van der Waals surface area (Å²) in [6.45, 7) is -0.376. The molecule has 1 amide bonds. The van der Waals surface area contributed by atoms with Gasteiger partial charge in [0.1, 0.15) is 24.1 Å². The standard InChI is InChI=1S/C11H17N4O8P/c1-14-3-13-9-6(10(14)18)12-4-15(9)11-8(17)7(16)5(23-11)2-22-24(19,20)21/h4-5,7-8,11,13,16-17H,2-3H2,1H3,(H2,19,20,21)/t5-,7-,8-,11-/m1/s1. The van der Waals surface area contributed by atoms with Crippen molar-refractivity contribution >= 4 is 19.5 Å². The summed E-state index contributed by atoms with van der Waals surface area (Å²) in [7, 11) is -3.14. The molecule has 13 heteroatoms. The van der Waals surface area contributed by atoms with Crippen LogP contribution in [0.15, 0.2) is 6.33 Å². The molecule has 1 fully saturated rings. The zero-order chi connectivity index (χ0) is 17.6. The number of fused-ring (bicyclic) bond motifs is 1. The van der Waals surface area contributed by atoms with Gasteiger partial charge in [-0.3, -0.25) is 13.9 Å². The Morgan fingerprint density at radius 2 is 2.17 bits per heavy atom. The number of nitrogens with zero attached hydrogens (tertiary/aromatic N) is 3. The van der Waals surface area contributed by atoms with E-state index in [0.717, 1.165) is 0 Å². The second kappa shape index (κ2) is 6.08. The molecule has 0 radical (unpaired) electrons. The number of anilines is 1. The van der Waals surface area contributed by atoms with Gasteiger partial charge in [-0.2, -0.15) is 0 Å². The topological polar surface area (TPSA) is 167 Å². The van der Waals surface area contributed by atoms with E-state index in [1.165, 1.54) is 15.8 Å². The number of nitrogens with one attached hydrogen (secondary N) is 1. The third-order valence-corrected chi connectivity index (χ3v) is 4.33. The number of aliphatic hydroxyl groups excluding tert-OH is 2. The van der Waals surface area contributed by atoms with Crippen LogP contribution >= 0.6 is 7.82 Å². The first kappa shape index (κ1) is 17.3. The lowest BCUT2D eigenvalue weighted by Crippen LogP contribution is -2.38. The predicted octanol–water partition coefficient (Wildman–Crippen LogP) is -1.93. The number of imidazole rings is 1. The number of carbonyl (C=O) groups excluding carboxylic acids is 1. The van der Waals surface area contributed by atoms with Crippen molar-refractivity contribution in [1.82, 2.24) is 14.5 Å². The minimum atomic E-state index is -4.73. The number of amides is 1. The Balaban J connectivity index is 1.80. The highest BCUT2D eigenvalue weighted by atomic mass is 31.2. The smallest absolute Gasteiger partial charge is 0.387 e. The molecule has 0 bridgehead atoms. The van der Waals surface area contributed by atoms with Gasteiger partial charge in [-0.1, -0.05) is 0 Å². The number of phosphoric acid groups is 1. The molecular weight excluding hydrogens is 347 g/mol. The van der Waals surface area contributed by atoms with Crippen LogP contribution in [0, 0.1) is 0 Å². The number of aliphatic hydroxyl groups is 2. The molecule has 0 aromatic carbocycles. The van der Waals surface area contributed by atoms with E-state index in [1.807, 2.05) is 0 Å². The second-order valence-electron chi connectivity index (χ2n) is 5.52. The SMILES string of the molecule is CN1CNc2c(ncn2[C@@H]2O[C@H](COP(=O)(O)O)[C@@H](O)[C@H]2O)C1=O. The van der Waals surface area contributed by atoms with E-state index in [0.29, 0.717) is 5.82 Å². The molecule has 5 N–H and O–H groups in total. The fourth-order valence-electron chi connectivity index (χ4n) is 2.60. The Labute approximate surface area is 135 Å². The number of hydrogen-bond acceptors (Lipinski definition) is 8. The number of aromatic nitrogens is 2. The maximum absolute atomic E-state index is 12.0. The van der Waals surface area contributed by atoms with Crippen LogP contribution in [0.3, 0.4) is 0 Å². The molecule has 12 nitrogen and oxygen atoms in total. The van der Waals surface area contributed by atoms with Crippen LogP contribution in [-0.4, -0.2) is 79.0 Å². The molecule has 3 rings (SSSR count).